The lowest BCUT2D eigenvalue weighted by molar-refractivity contribution is -0.147. The van der Waals surface area contributed by atoms with Crippen molar-refractivity contribution in [3.8, 4) is 11.5 Å². The molecule has 0 aliphatic carbocycles. The van der Waals surface area contributed by atoms with Gasteiger partial charge in [0, 0.05) is 23.0 Å². The van der Waals surface area contributed by atoms with E-state index in [1.807, 2.05) is 42.5 Å². The van der Waals surface area contributed by atoms with Crippen LogP contribution in [0.25, 0.3) is 10.9 Å². The van der Waals surface area contributed by atoms with Gasteiger partial charge in [0.05, 0.1) is 13.7 Å². The molecule has 3 aromatic rings. The number of carbonyl (C=O) groups is 2. The summed E-state index contributed by atoms with van der Waals surface area (Å²) in [6.45, 7) is 2.07. The summed E-state index contributed by atoms with van der Waals surface area (Å²) in [5.41, 5.74) is 3.54. The first-order valence-electron chi connectivity index (χ1n) is 10.1. The van der Waals surface area contributed by atoms with Crippen molar-refractivity contribution >= 4 is 23.0 Å². The van der Waals surface area contributed by atoms with E-state index in [1.54, 1.807) is 6.92 Å². The van der Waals surface area contributed by atoms with Crippen molar-refractivity contribution in [3.63, 3.8) is 0 Å². The summed E-state index contributed by atoms with van der Waals surface area (Å²) in [6.07, 6.45) is -0.254. The molecule has 0 radical (unpaired) electrons. The van der Waals surface area contributed by atoms with Gasteiger partial charge in [-0.25, -0.2) is 9.59 Å². The molecule has 8 heteroatoms. The highest BCUT2D eigenvalue weighted by molar-refractivity contribution is 5.89. The summed E-state index contributed by atoms with van der Waals surface area (Å²) < 4.78 is 21.4. The molecule has 0 saturated carbocycles. The monoisotopic (exact) mass is 422 g/mol. The Kier molecular flexibility index (Phi) is 4.69. The van der Waals surface area contributed by atoms with E-state index < -0.39 is 24.1 Å². The van der Waals surface area contributed by atoms with Crippen LogP contribution in [0.5, 0.6) is 11.5 Å². The van der Waals surface area contributed by atoms with Gasteiger partial charge in [0.2, 0.25) is 6.79 Å². The molecule has 31 heavy (non-hydrogen) atoms. The Hall–Kier alpha value is -3.68. The molecule has 160 valence electrons. The van der Waals surface area contributed by atoms with Gasteiger partial charge in [0.1, 0.15) is 12.1 Å². The Morgan fingerprint density at radius 1 is 1.16 bits per heavy atom. The summed E-state index contributed by atoms with van der Waals surface area (Å²) in [7, 11) is 1.33. The van der Waals surface area contributed by atoms with Crippen LogP contribution in [0.3, 0.4) is 0 Å². The molecule has 1 aromatic heterocycles. The van der Waals surface area contributed by atoms with E-state index >= 15 is 0 Å². The molecule has 0 spiro atoms. The fraction of sp³-hybridized carbons (Fsp3) is 0.304. The van der Waals surface area contributed by atoms with Gasteiger partial charge in [-0.3, -0.25) is 4.90 Å². The summed E-state index contributed by atoms with van der Waals surface area (Å²) in [4.78, 5) is 30.8. The number of hydrogen-bond donors (Lipinski definition) is 1. The molecule has 3 heterocycles. The van der Waals surface area contributed by atoms with Crippen LogP contribution in [0.1, 0.15) is 29.8 Å². The number of ether oxygens (including phenoxy) is 4. The van der Waals surface area contributed by atoms with E-state index in [0.29, 0.717) is 17.9 Å². The average Bonchev–Trinajstić information content (AvgIpc) is 3.41. The lowest BCUT2D eigenvalue weighted by Crippen LogP contribution is -2.52. The number of rotatable bonds is 3. The van der Waals surface area contributed by atoms with Crippen LogP contribution in [-0.2, 0) is 20.7 Å². The molecule has 5 rings (SSSR count). The Morgan fingerprint density at radius 2 is 1.97 bits per heavy atom. The third-order valence-corrected chi connectivity index (χ3v) is 5.80. The Bertz CT molecular complexity index is 1170. The number of methoxy groups -OCH3 is 1. The highest BCUT2D eigenvalue weighted by Gasteiger charge is 2.45. The van der Waals surface area contributed by atoms with Gasteiger partial charge in [-0.1, -0.05) is 24.3 Å². The predicted octanol–water partition coefficient (Wildman–Crippen LogP) is 3.54. The summed E-state index contributed by atoms with van der Waals surface area (Å²) >= 11 is 0. The SMILES string of the molecule is CCOC(=O)N1[C@@H](c2ccc3c(c2)OCO3)c2[nH]c3ccccc3c2C[C@@H]1C(=O)OC. The van der Waals surface area contributed by atoms with Crippen molar-refractivity contribution in [2.45, 2.75) is 25.4 Å². The minimum Gasteiger partial charge on any atom is -0.467 e. The number of carbonyl (C=O) groups excluding carboxylic acids is 2. The second kappa shape index (κ2) is 7.54. The van der Waals surface area contributed by atoms with E-state index in [-0.39, 0.29) is 13.4 Å². The number of H-pyrrole nitrogens is 1. The standard InChI is InChI=1S/C23H22N2O6/c1-3-29-23(27)25-17(22(26)28-2)11-15-14-6-4-5-7-16(14)24-20(15)21(25)13-8-9-18-19(10-13)31-12-30-18/h4-10,17,21,24H,3,11-12H2,1-2H3/t17-,21+/m1/s1. The maximum absolute atomic E-state index is 13.1. The van der Waals surface area contributed by atoms with Crippen LogP contribution in [0.2, 0.25) is 0 Å². The predicted molar refractivity (Wildman–Crippen MR) is 111 cm³/mol. The highest BCUT2D eigenvalue weighted by Crippen LogP contribution is 2.44. The van der Waals surface area contributed by atoms with Crippen LogP contribution >= 0.6 is 0 Å². The summed E-state index contributed by atoms with van der Waals surface area (Å²) in [5.74, 6) is 0.748. The van der Waals surface area contributed by atoms with Gasteiger partial charge in [-0.2, -0.15) is 0 Å². The topological polar surface area (TPSA) is 90.1 Å². The minimum atomic E-state index is -0.828. The molecule has 0 fully saturated rings. The molecular formula is C23H22N2O6. The molecule has 0 saturated heterocycles. The van der Waals surface area contributed by atoms with Crippen LogP contribution in [-0.4, -0.2) is 48.5 Å². The molecule has 2 aromatic carbocycles. The number of aromatic nitrogens is 1. The van der Waals surface area contributed by atoms with Crippen molar-refractivity contribution < 1.29 is 28.5 Å². The Labute approximate surface area is 178 Å². The molecule has 1 N–H and O–H groups in total. The third kappa shape index (κ3) is 3.06. The van der Waals surface area contributed by atoms with E-state index in [2.05, 4.69) is 4.98 Å². The van der Waals surface area contributed by atoms with Gasteiger partial charge in [0.25, 0.3) is 0 Å². The Morgan fingerprint density at radius 3 is 2.77 bits per heavy atom. The number of nitrogens with zero attached hydrogens (tertiary/aromatic N) is 1. The lowest BCUT2D eigenvalue weighted by atomic mass is 9.88. The van der Waals surface area contributed by atoms with Crippen LogP contribution in [0, 0.1) is 0 Å². The van der Waals surface area contributed by atoms with Crippen molar-refractivity contribution in [2.24, 2.45) is 0 Å². The van der Waals surface area contributed by atoms with Gasteiger partial charge in [-0.15, -0.1) is 0 Å². The first-order chi connectivity index (χ1) is 15.1. The van der Waals surface area contributed by atoms with Crippen molar-refractivity contribution in [2.75, 3.05) is 20.5 Å². The minimum absolute atomic E-state index is 0.146. The second-order valence-corrected chi connectivity index (χ2v) is 7.43. The van der Waals surface area contributed by atoms with Crippen molar-refractivity contribution in [1.29, 1.82) is 0 Å². The number of para-hydroxylation sites is 1. The largest absolute Gasteiger partial charge is 0.467 e. The quantitative estimate of drug-likeness (QED) is 0.650. The fourth-order valence-electron chi connectivity index (χ4n) is 4.46. The number of benzene rings is 2. The van der Waals surface area contributed by atoms with Crippen LogP contribution < -0.4 is 9.47 Å². The van der Waals surface area contributed by atoms with E-state index in [4.69, 9.17) is 18.9 Å². The normalized spacial score (nSPS) is 19.2. The zero-order valence-corrected chi connectivity index (χ0v) is 17.2. The molecule has 2 aliphatic heterocycles. The maximum atomic E-state index is 13.1. The number of hydrogen-bond acceptors (Lipinski definition) is 6. The van der Waals surface area contributed by atoms with Gasteiger partial charge in [0.15, 0.2) is 11.5 Å². The van der Waals surface area contributed by atoms with E-state index in [1.165, 1.54) is 12.0 Å². The second-order valence-electron chi connectivity index (χ2n) is 7.43. The molecule has 2 aliphatic rings. The smallest absolute Gasteiger partial charge is 0.411 e. The zero-order chi connectivity index (χ0) is 21.5. The van der Waals surface area contributed by atoms with Gasteiger partial charge in [-0.05, 0) is 36.2 Å². The maximum Gasteiger partial charge on any atom is 0.411 e. The highest BCUT2D eigenvalue weighted by atomic mass is 16.7. The number of amides is 1. The zero-order valence-electron chi connectivity index (χ0n) is 17.2. The summed E-state index contributed by atoms with van der Waals surface area (Å²) in [5, 5.41) is 1.01. The molecule has 0 bridgehead atoms. The van der Waals surface area contributed by atoms with Crippen molar-refractivity contribution in [3.05, 3.63) is 59.3 Å². The first-order valence-corrected chi connectivity index (χ1v) is 10.1. The molecule has 2 atom stereocenters. The molecule has 0 unspecified atom stereocenters. The van der Waals surface area contributed by atoms with Gasteiger partial charge >= 0.3 is 12.1 Å². The Balaban J connectivity index is 1.73. The number of fused-ring (bicyclic) bond motifs is 4. The van der Waals surface area contributed by atoms with Gasteiger partial charge < -0.3 is 23.9 Å². The molecule has 8 nitrogen and oxygen atoms in total. The van der Waals surface area contributed by atoms with E-state index in [9.17, 15) is 9.59 Å². The van der Waals surface area contributed by atoms with Crippen molar-refractivity contribution in [1.82, 2.24) is 9.88 Å². The number of esters is 1. The molecular weight excluding hydrogens is 400 g/mol. The van der Waals surface area contributed by atoms with E-state index in [0.717, 1.165) is 27.7 Å². The van der Waals surface area contributed by atoms with Crippen LogP contribution in [0.4, 0.5) is 4.79 Å². The number of aromatic amines is 1. The number of nitrogens with one attached hydrogen (secondary N) is 1. The lowest BCUT2D eigenvalue weighted by Gasteiger charge is -2.40. The average molecular weight is 422 g/mol. The summed E-state index contributed by atoms with van der Waals surface area (Å²) in [6, 6.07) is 12.0. The van der Waals surface area contributed by atoms with Crippen LogP contribution in [0.15, 0.2) is 42.5 Å². The third-order valence-electron chi connectivity index (χ3n) is 5.80. The molecule has 1 amide bonds. The fourth-order valence-corrected chi connectivity index (χ4v) is 4.46. The first kappa shape index (κ1) is 19.3.